The van der Waals surface area contributed by atoms with Crippen LogP contribution in [-0.2, 0) is 16.0 Å². The van der Waals surface area contributed by atoms with E-state index >= 15 is 0 Å². The van der Waals surface area contributed by atoms with Crippen LogP contribution in [0.15, 0.2) is 66.2 Å². The van der Waals surface area contributed by atoms with Crippen LogP contribution in [-0.4, -0.2) is 12.6 Å². The summed E-state index contributed by atoms with van der Waals surface area (Å²) < 4.78 is 5.19. The molecule has 0 fully saturated rings. The summed E-state index contributed by atoms with van der Waals surface area (Å²) in [5, 5.41) is 0. The third-order valence-electron chi connectivity index (χ3n) is 3.30. The second-order valence-corrected chi connectivity index (χ2v) is 4.56. The van der Waals surface area contributed by atoms with E-state index in [1.165, 1.54) is 0 Å². The maximum Gasteiger partial charge on any atom is 0.335 e. The highest BCUT2D eigenvalue weighted by atomic mass is 16.5. The van der Waals surface area contributed by atoms with Crippen molar-refractivity contribution in [2.45, 2.75) is 6.42 Å². The lowest BCUT2D eigenvalue weighted by molar-refractivity contribution is -0.135. The molecule has 0 aromatic heterocycles. The molecule has 3 rings (SSSR count). The van der Waals surface area contributed by atoms with Gasteiger partial charge in [0.2, 0.25) is 0 Å². The molecule has 0 bridgehead atoms. The van der Waals surface area contributed by atoms with Crippen molar-refractivity contribution in [1.29, 1.82) is 0 Å². The van der Waals surface area contributed by atoms with Crippen LogP contribution >= 0.6 is 0 Å². The van der Waals surface area contributed by atoms with Crippen molar-refractivity contribution in [2.75, 3.05) is 6.61 Å². The lowest BCUT2D eigenvalue weighted by Crippen LogP contribution is -2.02. The van der Waals surface area contributed by atoms with E-state index < -0.39 is 0 Å². The van der Waals surface area contributed by atoms with E-state index in [2.05, 4.69) is 0 Å². The van der Waals surface area contributed by atoms with Crippen LogP contribution in [0.3, 0.4) is 0 Å². The second-order valence-electron chi connectivity index (χ2n) is 4.56. The molecule has 0 amide bonds. The fraction of sp³-hybridized carbons (Fsp3) is 0.118. The fourth-order valence-electron chi connectivity index (χ4n) is 2.31. The van der Waals surface area contributed by atoms with Crippen molar-refractivity contribution in [3.63, 3.8) is 0 Å². The molecule has 0 atom stereocenters. The monoisotopic (exact) mass is 250 g/mol. The molecule has 0 unspecified atom stereocenters. The van der Waals surface area contributed by atoms with Crippen molar-refractivity contribution in [3.8, 4) is 0 Å². The van der Waals surface area contributed by atoms with E-state index in [1.54, 1.807) is 0 Å². The van der Waals surface area contributed by atoms with Gasteiger partial charge in [0.15, 0.2) is 0 Å². The van der Waals surface area contributed by atoms with Gasteiger partial charge in [0, 0.05) is 17.6 Å². The average Bonchev–Trinajstić information content (AvgIpc) is 2.82. The predicted octanol–water partition coefficient (Wildman–Crippen LogP) is 3.24. The maximum absolute atomic E-state index is 11.9. The third kappa shape index (κ3) is 2.43. The summed E-state index contributed by atoms with van der Waals surface area (Å²) >= 11 is 0. The van der Waals surface area contributed by atoms with Gasteiger partial charge in [-0.05, 0) is 11.1 Å². The first-order valence-corrected chi connectivity index (χ1v) is 6.33. The quantitative estimate of drug-likeness (QED) is 0.782. The molecule has 0 aliphatic carbocycles. The smallest absolute Gasteiger partial charge is 0.335 e. The number of hydrogen-bond acceptors (Lipinski definition) is 2. The lowest BCUT2D eigenvalue weighted by Gasteiger charge is -2.04. The van der Waals surface area contributed by atoms with Crippen molar-refractivity contribution >= 4 is 11.5 Å². The molecule has 0 saturated carbocycles. The van der Waals surface area contributed by atoms with E-state index in [0.717, 1.165) is 22.3 Å². The first kappa shape index (κ1) is 11.7. The molecule has 2 aromatic rings. The van der Waals surface area contributed by atoms with E-state index in [9.17, 15) is 4.79 Å². The maximum atomic E-state index is 11.9. The van der Waals surface area contributed by atoms with Gasteiger partial charge in [-0.25, -0.2) is 4.79 Å². The van der Waals surface area contributed by atoms with Crippen LogP contribution in [0.25, 0.3) is 5.57 Å². The zero-order valence-corrected chi connectivity index (χ0v) is 10.5. The molecule has 94 valence electrons. The van der Waals surface area contributed by atoms with Gasteiger partial charge in [-0.3, -0.25) is 0 Å². The number of benzene rings is 2. The largest absolute Gasteiger partial charge is 0.457 e. The molecule has 0 spiro atoms. The molecule has 1 aliphatic heterocycles. The van der Waals surface area contributed by atoms with Crippen molar-refractivity contribution in [1.82, 2.24) is 0 Å². The van der Waals surface area contributed by atoms with Gasteiger partial charge in [0.05, 0.1) is 0 Å². The Morgan fingerprint density at radius 2 is 1.53 bits per heavy atom. The molecule has 2 aromatic carbocycles. The number of esters is 1. The normalized spacial score (nSPS) is 14.6. The van der Waals surface area contributed by atoms with E-state index in [1.807, 2.05) is 60.7 Å². The lowest BCUT2D eigenvalue weighted by atomic mass is 9.97. The van der Waals surface area contributed by atoms with Crippen LogP contribution in [0.2, 0.25) is 0 Å². The molecule has 2 nitrogen and oxygen atoms in total. The molecular formula is C17H14O2. The highest BCUT2D eigenvalue weighted by molar-refractivity contribution is 6.02. The first-order valence-electron chi connectivity index (χ1n) is 6.33. The minimum atomic E-state index is -0.192. The Morgan fingerprint density at radius 3 is 2.21 bits per heavy atom. The summed E-state index contributed by atoms with van der Waals surface area (Å²) in [5.74, 6) is -0.192. The Morgan fingerprint density at radius 1 is 0.895 bits per heavy atom. The number of ether oxygens (including phenoxy) is 1. The molecule has 1 heterocycles. The number of cyclic esters (lactones) is 1. The highest BCUT2D eigenvalue weighted by Crippen LogP contribution is 2.28. The zero-order valence-electron chi connectivity index (χ0n) is 10.5. The summed E-state index contributed by atoms with van der Waals surface area (Å²) in [6, 6.07) is 20.0. The standard InChI is InChI=1S/C17H14O2/c18-17-15(11-13-7-3-1-4-8-13)16(12-19-17)14-9-5-2-6-10-14/h1-10H,11-12H2. The van der Waals surface area contributed by atoms with Crippen LogP contribution in [0, 0.1) is 0 Å². The van der Waals surface area contributed by atoms with Gasteiger partial charge in [-0.15, -0.1) is 0 Å². The summed E-state index contributed by atoms with van der Waals surface area (Å²) in [5.41, 5.74) is 3.98. The van der Waals surface area contributed by atoms with Gasteiger partial charge in [0.25, 0.3) is 0 Å². The van der Waals surface area contributed by atoms with Gasteiger partial charge in [-0.1, -0.05) is 60.7 Å². The summed E-state index contributed by atoms with van der Waals surface area (Å²) in [6.45, 7) is 0.380. The van der Waals surface area contributed by atoms with Crippen molar-refractivity contribution < 1.29 is 9.53 Å². The minimum absolute atomic E-state index is 0.192. The second kappa shape index (κ2) is 5.11. The van der Waals surface area contributed by atoms with Crippen LogP contribution in [0.5, 0.6) is 0 Å². The SMILES string of the molecule is O=C1OCC(c2ccccc2)=C1Cc1ccccc1. The Hall–Kier alpha value is -2.35. The number of rotatable bonds is 3. The molecule has 0 radical (unpaired) electrons. The van der Waals surface area contributed by atoms with Crippen molar-refractivity contribution in [3.05, 3.63) is 77.4 Å². The molecule has 1 aliphatic rings. The topological polar surface area (TPSA) is 26.3 Å². The van der Waals surface area contributed by atoms with Gasteiger partial charge in [0.1, 0.15) is 6.61 Å². The number of carbonyl (C=O) groups excluding carboxylic acids is 1. The van der Waals surface area contributed by atoms with Gasteiger partial charge >= 0.3 is 5.97 Å². The Kier molecular flexibility index (Phi) is 3.15. The molecule has 2 heteroatoms. The fourth-order valence-corrected chi connectivity index (χ4v) is 2.31. The average molecular weight is 250 g/mol. The highest BCUT2D eigenvalue weighted by Gasteiger charge is 2.25. The van der Waals surface area contributed by atoms with Crippen LogP contribution < -0.4 is 0 Å². The predicted molar refractivity (Wildman–Crippen MR) is 74.5 cm³/mol. The van der Waals surface area contributed by atoms with Crippen molar-refractivity contribution in [2.24, 2.45) is 0 Å². The Bertz CT molecular complexity index is 612. The third-order valence-corrected chi connectivity index (χ3v) is 3.30. The van der Waals surface area contributed by atoms with Gasteiger partial charge in [-0.2, -0.15) is 0 Å². The van der Waals surface area contributed by atoms with E-state index in [4.69, 9.17) is 4.74 Å². The molecule has 0 saturated heterocycles. The minimum Gasteiger partial charge on any atom is -0.457 e. The van der Waals surface area contributed by atoms with Crippen LogP contribution in [0.4, 0.5) is 0 Å². The molecular weight excluding hydrogens is 236 g/mol. The Labute approximate surface area is 112 Å². The summed E-state index contributed by atoms with van der Waals surface area (Å²) in [7, 11) is 0. The zero-order chi connectivity index (χ0) is 13.1. The van der Waals surface area contributed by atoms with E-state index in [-0.39, 0.29) is 5.97 Å². The summed E-state index contributed by atoms with van der Waals surface area (Å²) in [4.78, 5) is 11.9. The van der Waals surface area contributed by atoms with Crippen LogP contribution in [0.1, 0.15) is 11.1 Å². The number of hydrogen-bond donors (Lipinski definition) is 0. The Balaban J connectivity index is 1.98. The number of carbonyl (C=O) groups is 1. The van der Waals surface area contributed by atoms with Gasteiger partial charge < -0.3 is 4.74 Å². The van der Waals surface area contributed by atoms with E-state index in [0.29, 0.717) is 13.0 Å². The molecule has 0 N–H and O–H groups in total. The summed E-state index contributed by atoms with van der Waals surface area (Å²) in [6.07, 6.45) is 0.629. The molecule has 19 heavy (non-hydrogen) atoms. The first-order chi connectivity index (χ1) is 9.34.